The molecular formula is C13H28N2. The van der Waals surface area contributed by atoms with Crippen molar-refractivity contribution >= 4 is 0 Å². The van der Waals surface area contributed by atoms with E-state index >= 15 is 0 Å². The van der Waals surface area contributed by atoms with Gasteiger partial charge in [0.1, 0.15) is 0 Å². The van der Waals surface area contributed by atoms with E-state index in [0.29, 0.717) is 0 Å². The Morgan fingerprint density at radius 1 is 1.33 bits per heavy atom. The molecule has 0 saturated carbocycles. The van der Waals surface area contributed by atoms with Crippen LogP contribution in [0.25, 0.3) is 0 Å². The Balaban J connectivity index is 2.66. The van der Waals surface area contributed by atoms with Crippen molar-refractivity contribution in [2.75, 3.05) is 19.6 Å². The maximum Gasteiger partial charge on any atom is 0.0138 e. The number of nitrogens with two attached hydrogens (primary N) is 1. The zero-order chi connectivity index (χ0) is 11.3. The van der Waals surface area contributed by atoms with Gasteiger partial charge >= 0.3 is 0 Å². The van der Waals surface area contributed by atoms with Crippen molar-refractivity contribution in [3.05, 3.63) is 0 Å². The van der Waals surface area contributed by atoms with Crippen LogP contribution in [-0.2, 0) is 0 Å². The summed E-state index contributed by atoms with van der Waals surface area (Å²) in [6, 6.07) is 0.738. The van der Waals surface area contributed by atoms with E-state index < -0.39 is 0 Å². The van der Waals surface area contributed by atoms with Crippen molar-refractivity contribution in [1.29, 1.82) is 0 Å². The van der Waals surface area contributed by atoms with Crippen molar-refractivity contribution in [3.63, 3.8) is 0 Å². The lowest BCUT2D eigenvalue weighted by Crippen LogP contribution is -2.43. The fourth-order valence-electron chi connectivity index (χ4n) is 2.87. The fraction of sp³-hybridized carbons (Fsp3) is 1.00. The molecule has 2 atom stereocenters. The van der Waals surface area contributed by atoms with Gasteiger partial charge in [-0.25, -0.2) is 0 Å². The minimum atomic E-state index is 0.731. The fourth-order valence-corrected chi connectivity index (χ4v) is 2.87. The van der Waals surface area contributed by atoms with Gasteiger partial charge < -0.3 is 10.6 Å². The summed E-state index contributed by atoms with van der Waals surface area (Å²) >= 11 is 0. The highest BCUT2D eigenvalue weighted by molar-refractivity contribution is 4.83. The summed E-state index contributed by atoms with van der Waals surface area (Å²) in [4.78, 5) is 2.66. The van der Waals surface area contributed by atoms with Gasteiger partial charge in [0.05, 0.1) is 0 Å². The van der Waals surface area contributed by atoms with Gasteiger partial charge in [0.25, 0.3) is 0 Å². The Bertz CT molecular complexity index is 154. The second-order valence-corrected chi connectivity index (χ2v) is 5.32. The Morgan fingerprint density at radius 2 is 2.07 bits per heavy atom. The van der Waals surface area contributed by atoms with Crippen molar-refractivity contribution in [1.82, 2.24) is 4.90 Å². The Hall–Kier alpha value is -0.0800. The van der Waals surface area contributed by atoms with Gasteiger partial charge in [-0.15, -0.1) is 0 Å². The van der Waals surface area contributed by atoms with Crippen molar-refractivity contribution in [3.8, 4) is 0 Å². The molecule has 0 bridgehead atoms. The Labute approximate surface area is 95.2 Å². The Morgan fingerprint density at radius 3 is 2.60 bits per heavy atom. The lowest BCUT2D eigenvalue weighted by Gasteiger charge is -2.35. The first-order valence-electron chi connectivity index (χ1n) is 6.63. The molecule has 0 aliphatic carbocycles. The molecule has 2 N–H and O–H groups in total. The van der Waals surface area contributed by atoms with Crippen LogP contribution in [0.4, 0.5) is 0 Å². The molecule has 90 valence electrons. The zero-order valence-corrected chi connectivity index (χ0v) is 10.7. The third kappa shape index (κ3) is 3.76. The second kappa shape index (κ2) is 6.49. The van der Waals surface area contributed by atoms with Crippen LogP contribution in [0.1, 0.15) is 46.5 Å². The predicted molar refractivity (Wildman–Crippen MR) is 66.9 cm³/mol. The van der Waals surface area contributed by atoms with Crippen LogP contribution in [-0.4, -0.2) is 30.6 Å². The summed E-state index contributed by atoms with van der Waals surface area (Å²) in [6.07, 6.45) is 5.38. The first kappa shape index (κ1) is 13.0. The normalized spacial score (nSPS) is 29.4. The van der Waals surface area contributed by atoms with Gasteiger partial charge in [-0.2, -0.15) is 0 Å². The van der Waals surface area contributed by atoms with Gasteiger partial charge in [0.2, 0.25) is 0 Å². The van der Waals surface area contributed by atoms with E-state index in [1.807, 2.05) is 0 Å². The lowest BCUT2D eigenvalue weighted by molar-refractivity contribution is 0.142. The smallest absolute Gasteiger partial charge is 0.0138 e. The van der Waals surface area contributed by atoms with Gasteiger partial charge in [0, 0.05) is 6.04 Å². The molecule has 0 amide bonds. The van der Waals surface area contributed by atoms with Crippen molar-refractivity contribution in [2.45, 2.75) is 52.5 Å². The number of hydrogen-bond acceptors (Lipinski definition) is 2. The minimum Gasteiger partial charge on any atom is -0.330 e. The number of likely N-dealkylation sites (tertiary alicyclic amines) is 1. The molecule has 15 heavy (non-hydrogen) atoms. The second-order valence-electron chi connectivity index (χ2n) is 5.32. The van der Waals surface area contributed by atoms with Gasteiger partial charge in [0.15, 0.2) is 0 Å². The molecule has 1 aliphatic rings. The molecule has 0 aromatic carbocycles. The van der Waals surface area contributed by atoms with E-state index in [0.717, 1.165) is 24.4 Å². The maximum absolute atomic E-state index is 5.93. The molecular weight excluding hydrogens is 184 g/mol. The third-order valence-electron chi connectivity index (χ3n) is 3.71. The van der Waals surface area contributed by atoms with Gasteiger partial charge in [-0.1, -0.05) is 27.2 Å². The van der Waals surface area contributed by atoms with Crippen LogP contribution in [0.3, 0.4) is 0 Å². The molecule has 1 rings (SSSR count). The molecule has 0 unspecified atom stereocenters. The summed E-state index contributed by atoms with van der Waals surface area (Å²) in [5.74, 6) is 1.52. The minimum absolute atomic E-state index is 0.731. The molecule has 1 aliphatic heterocycles. The van der Waals surface area contributed by atoms with Crippen LogP contribution < -0.4 is 5.73 Å². The molecule has 1 saturated heterocycles. The Kier molecular flexibility index (Phi) is 5.62. The van der Waals surface area contributed by atoms with E-state index in [9.17, 15) is 0 Å². The monoisotopic (exact) mass is 212 g/mol. The van der Waals surface area contributed by atoms with E-state index in [1.54, 1.807) is 0 Å². The first-order valence-corrected chi connectivity index (χ1v) is 6.63. The van der Waals surface area contributed by atoms with Gasteiger partial charge in [-0.3, -0.25) is 0 Å². The SMILES string of the molecule is CCN1CCCC[C@H](CN)[C@H]1CC(C)C. The van der Waals surface area contributed by atoms with Crippen LogP contribution in [0, 0.1) is 11.8 Å². The number of hydrogen-bond donors (Lipinski definition) is 1. The van der Waals surface area contributed by atoms with Crippen molar-refractivity contribution < 1.29 is 0 Å². The van der Waals surface area contributed by atoms with Crippen molar-refractivity contribution in [2.24, 2.45) is 17.6 Å². The zero-order valence-electron chi connectivity index (χ0n) is 10.7. The largest absolute Gasteiger partial charge is 0.330 e. The summed E-state index contributed by atoms with van der Waals surface area (Å²) in [5.41, 5.74) is 5.93. The summed E-state index contributed by atoms with van der Waals surface area (Å²) < 4.78 is 0. The van der Waals surface area contributed by atoms with Crippen LogP contribution in [0.5, 0.6) is 0 Å². The molecule has 0 aromatic rings. The summed E-state index contributed by atoms with van der Waals surface area (Å²) in [5, 5.41) is 0. The topological polar surface area (TPSA) is 29.3 Å². The molecule has 2 heteroatoms. The highest BCUT2D eigenvalue weighted by Crippen LogP contribution is 2.26. The number of rotatable bonds is 4. The third-order valence-corrected chi connectivity index (χ3v) is 3.71. The molecule has 0 radical (unpaired) electrons. The standard InChI is InChI=1S/C13H28N2/c1-4-15-8-6-5-7-12(10-14)13(15)9-11(2)3/h11-13H,4-10,14H2,1-3H3/t12-,13-/m1/s1. The average Bonchev–Trinajstić information content (AvgIpc) is 2.39. The summed E-state index contributed by atoms with van der Waals surface area (Å²) in [7, 11) is 0. The molecule has 0 spiro atoms. The maximum atomic E-state index is 5.93. The highest BCUT2D eigenvalue weighted by atomic mass is 15.2. The lowest BCUT2D eigenvalue weighted by atomic mass is 9.88. The van der Waals surface area contributed by atoms with Crippen LogP contribution in [0.15, 0.2) is 0 Å². The molecule has 1 heterocycles. The first-order chi connectivity index (χ1) is 7.19. The highest BCUT2D eigenvalue weighted by Gasteiger charge is 2.28. The van der Waals surface area contributed by atoms with Gasteiger partial charge in [-0.05, 0) is 50.7 Å². The molecule has 0 aromatic heterocycles. The number of nitrogens with zero attached hydrogens (tertiary/aromatic N) is 1. The summed E-state index contributed by atoms with van der Waals surface area (Å²) in [6.45, 7) is 10.3. The predicted octanol–water partition coefficient (Wildman–Crippen LogP) is 2.48. The van der Waals surface area contributed by atoms with E-state index in [2.05, 4.69) is 25.7 Å². The molecule has 1 fully saturated rings. The van der Waals surface area contributed by atoms with E-state index in [1.165, 1.54) is 38.8 Å². The van der Waals surface area contributed by atoms with E-state index in [-0.39, 0.29) is 0 Å². The van der Waals surface area contributed by atoms with Crippen LogP contribution in [0.2, 0.25) is 0 Å². The molecule has 2 nitrogen and oxygen atoms in total. The van der Waals surface area contributed by atoms with E-state index in [4.69, 9.17) is 5.73 Å². The van der Waals surface area contributed by atoms with Crippen LogP contribution >= 0.6 is 0 Å². The average molecular weight is 212 g/mol. The quantitative estimate of drug-likeness (QED) is 0.776.